The van der Waals surface area contributed by atoms with Gasteiger partial charge in [-0.25, -0.2) is 4.57 Å². The molecule has 1 saturated carbocycles. The second-order valence-corrected chi connectivity index (χ2v) is 16.2. The van der Waals surface area contributed by atoms with Gasteiger partial charge >= 0.3 is 7.82 Å². The number of unbranched alkanes of at least 4 members (excludes halogenated alkanes) is 22. The SMILES string of the molecule is CCCCCCCCCCCC/C=C/[C@@H](O)[C@H](COP(=O)(O)OC1C(O)C(O)C(O)[C@@H](O)C1O)NC(=O)CCCCCCCCCCCCCCC. The van der Waals surface area contributed by atoms with E-state index in [2.05, 4.69) is 19.2 Å². The van der Waals surface area contributed by atoms with Crippen molar-refractivity contribution in [2.24, 2.45) is 0 Å². The van der Waals surface area contributed by atoms with Gasteiger partial charge in [0.15, 0.2) is 0 Å². The third kappa shape index (κ3) is 22.5. The summed E-state index contributed by atoms with van der Waals surface area (Å²) in [7, 11) is -5.07. The summed E-state index contributed by atoms with van der Waals surface area (Å²) < 4.78 is 22.8. The van der Waals surface area contributed by atoms with Crippen LogP contribution >= 0.6 is 7.82 Å². The van der Waals surface area contributed by atoms with Gasteiger partial charge in [0.05, 0.1) is 18.8 Å². The van der Waals surface area contributed by atoms with E-state index >= 15 is 0 Å². The van der Waals surface area contributed by atoms with E-state index in [1.807, 2.05) is 6.08 Å². The molecule has 1 rings (SSSR count). The van der Waals surface area contributed by atoms with Crippen molar-refractivity contribution in [2.75, 3.05) is 6.61 Å². The van der Waals surface area contributed by atoms with E-state index in [-0.39, 0.29) is 12.3 Å². The van der Waals surface area contributed by atoms with Crippen molar-refractivity contribution < 1.29 is 53.9 Å². The Morgan fingerprint density at radius 1 is 0.635 bits per heavy atom. The van der Waals surface area contributed by atoms with Gasteiger partial charge in [-0.05, 0) is 19.3 Å². The van der Waals surface area contributed by atoms with Crippen LogP contribution in [0.15, 0.2) is 12.2 Å². The summed E-state index contributed by atoms with van der Waals surface area (Å²) in [4.78, 5) is 23.2. The molecule has 1 aliphatic rings. The third-order valence-electron chi connectivity index (χ3n) is 10.1. The maximum atomic E-state index is 12.9. The highest BCUT2D eigenvalue weighted by atomic mass is 31.2. The first-order chi connectivity index (χ1) is 24.9. The summed E-state index contributed by atoms with van der Waals surface area (Å²) in [6, 6.07) is -1.11. The van der Waals surface area contributed by atoms with E-state index < -0.39 is 63.2 Å². The predicted molar refractivity (Wildman–Crippen MR) is 205 cm³/mol. The monoisotopic (exact) mass is 766 g/mol. The number of phosphoric ester groups is 1. The molecule has 0 radical (unpaired) electrons. The molecule has 0 spiro atoms. The third-order valence-corrected chi connectivity index (χ3v) is 11.1. The first-order valence-corrected chi connectivity index (χ1v) is 22.1. The smallest absolute Gasteiger partial charge is 0.387 e. The van der Waals surface area contributed by atoms with Crippen LogP contribution in [0.1, 0.15) is 174 Å². The number of nitrogens with one attached hydrogen (secondary N) is 1. The second kappa shape index (κ2) is 30.3. The highest BCUT2D eigenvalue weighted by Crippen LogP contribution is 2.47. The van der Waals surface area contributed by atoms with E-state index in [9.17, 15) is 44.9 Å². The maximum Gasteiger partial charge on any atom is 0.472 e. The van der Waals surface area contributed by atoms with E-state index in [1.54, 1.807) is 0 Å². The number of phosphoric acid groups is 1. The van der Waals surface area contributed by atoms with Crippen LogP contribution in [-0.4, -0.2) is 96.8 Å². The number of hydrogen-bond donors (Lipinski definition) is 8. The average molecular weight is 766 g/mol. The van der Waals surface area contributed by atoms with Gasteiger partial charge in [0.2, 0.25) is 5.91 Å². The lowest BCUT2D eigenvalue weighted by Crippen LogP contribution is -2.64. The molecule has 8 N–H and O–H groups in total. The Labute approximate surface area is 314 Å². The number of carbonyl (C=O) groups excluding carboxylic acids is 1. The van der Waals surface area contributed by atoms with E-state index in [4.69, 9.17) is 9.05 Å². The predicted octanol–water partition coefficient (Wildman–Crippen LogP) is 6.50. The van der Waals surface area contributed by atoms with Crippen LogP contribution in [0.4, 0.5) is 0 Å². The highest BCUT2D eigenvalue weighted by molar-refractivity contribution is 7.47. The van der Waals surface area contributed by atoms with Gasteiger partial charge in [-0.2, -0.15) is 0 Å². The minimum atomic E-state index is -5.07. The van der Waals surface area contributed by atoms with Crippen molar-refractivity contribution in [2.45, 2.75) is 223 Å². The van der Waals surface area contributed by atoms with Gasteiger partial charge in [0, 0.05) is 6.42 Å². The van der Waals surface area contributed by atoms with Gasteiger partial charge in [0.1, 0.15) is 36.6 Å². The Bertz CT molecular complexity index is 941. The first kappa shape index (κ1) is 49.1. The molecule has 1 aliphatic carbocycles. The Balaban J connectivity index is 2.57. The zero-order valence-electron chi connectivity index (χ0n) is 32.4. The summed E-state index contributed by atoms with van der Waals surface area (Å²) in [6.07, 6.45) is 18.6. The largest absolute Gasteiger partial charge is 0.472 e. The number of allylic oxidation sites excluding steroid dienone is 1. The summed E-state index contributed by atoms with van der Waals surface area (Å²) in [5.41, 5.74) is 0. The molecule has 1 fully saturated rings. The van der Waals surface area contributed by atoms with Crippen LogP contribution in [0.25, 0.3) is 0 Å². The standard InChI is InChI=1S/C39H76NO11P/c1-3-5-7-9-11-13-15-17-19-21-23-25-27-29-33(42)40-31(32(41)28-26-24-22-20-18-16-14-12-10-8-6-4-2)30-50-52(48,49)51-39-37(46)35(44)34(43)36(45)38(39)47/h26,28,31-32,34-39,41,43-47H,3-25,27,29-30H2,1-2H3,(H,40,42)(H,48,49)/b28-26+/t31-,32+,34?,35+,36?,37?,38?,39?/m0/s1. The van der Waals surface area contributed by atoms with Crippen LogP contribution in [-0.2, 0) is 18.4 Å². The van der Waals surface area contributed by atoms with Crippen molar-refractivity contribution in [3.8, 4) is 0 Å². The van der Waals surface area contributed by atoms with Gasteiger partial charge in [-0.1, -0.05) is 161 Å². The summed E-state index contributed by atoms with van der Waals surface area (Å²) in [5, 5.41) is 63.7. The van der Waals surface area contributed by atoms with Crippen LogP contribution < -0.4 is 5.32 Å². The van der Waals surface area contributed by atoms with Gasteiger partial charge < -0.3 is 40.8 Å². The van der Waals surface area contributed by atoms with Crippen LogP contribution in [0.2, 0.25) is 0 Å². The zero-order valence-corrected chi connectivity index (χ0v) is 33.3. The highest BCUT2D eigenvalue weighted by Gasteiger charge is 2.51. The Morgan fingerprint density at radius 3 is 1.46 bits per heavy atom. The number of hydrogen-bond acceptors (Lipinski definition) is 10. The van der Waals surface area contributed by atoms with Gasteiger partial charge in [0.25, 0.3) is 0 Å². The quantitative estimate of drug-likeness (QED) is 0.0206. The van der Waals surface area contributed by atoms with E-state index in [1.165, 1.54) is 109 Å². The minimum absolute atomic E-state index is 0.217. The van der Waals surface area contributed by atoms with Crippen LogP contribution in [0, 0.1) is 0 Å². The second-order valence-electron chi connectivity index (χ2n) is 14.8. The fourth-order valence-electron chi connectivity index (χ4n) is 6.61. The molecule has 0 aromatic heterocycles. The van der Waals surface area contributed by atoms with Crippen LogP contribution in [0.5, 0.6) is 0 Å². The molecule has 0 aromatic rings. The summed E-state index contributed by atoms with van der Waals surface area (Å²) in [5.74, 6) is -0.342. The molecule has 0 saturated heterocycles. The molecular formula is C39H76NO11P. The van der Waals surface area contributed by atoms with Crippen molar-refractivity contribution in [3.05, 3.63) is 12.2 Å². The number of aliphatic hydroxyl groups is 6. The number of aliphatic hydroxyl groups excluding tert-OH is 6. The van der Waals surface area contributed by atoms with Gasteiger partial charge in [-0.3, -0.25) is 13.8 Å². The molecule has 1 amide bonds. The lowest BCUT2D eigenvalue weighted by atomic mass is 9.85. The summed E-state index contributed by atoms with van der Waals surface area (Å²) in [6.45, 7) is 3.80. The average Bonchev–Trinajstić information content (AvgIpc) is 3.12. The molecule has 13 heteroatoms. The fraction of sp³-hybridized carbons (Fsp3) is 0.923. The maximum absolute atomic E-state index is 12.9. The number of carbonyl (C=O) groups is 1. The first-order valence-electron chi connectivity index (χ1n) is 20.6. The minimum Gasteiger partial charge on any atom is -0.387 e. The van der Waals surface area contributed by atoms with Crippen LogP contribution in [0.3, 0.4) is 0 Å². The molecule has 0 heterocycles. The molecule has 52 heavy (non-hydrogen) atoms. The molecule has 6 unspecified atom stereocenters. The molecule has 308 valence electrons. The molecular weight excluding hydrogens is 689 g/mol. The molecule has 9 atom stereocenters. The topological polar surface area (TPSA) is 206 Å². The molecule has 0 aliphatic heterocycles. The number of rotatable bonds is 33. The Kier molecular flexibility index (Phi) is 28.6. The van der Waals surface area contributed by atoms with E-state index in [0.29, 0.717) is 6.42 Å². The fourth-order valence-corrected chi connectivity index (χ4v) is 7.57. The van der Waals surface area contributed by atoms with Crippen molar-refractivity contribution >= 4 is 13.7 Å². The van der Waals surface area contributed by atoms with Crippen molar-refractivity contribution in [1.82, 2.24) is 5.32 Å². The molecule has 0 bridgehead atoms. The Hall–Kier alpha value is -0.920. The summed E-state index contributed by atoms with van der Waals surface area (Å²) >= 11 is 0. The lowest BCUT2D eigenvalue weighted by molar-refractivity contribution is -0.220. The lowest BCUT2D eigenvalue weighted by Gasteiger charge is -2.41. The van der Waals surface area contributed by atoms with Crippen molar-refractivity contribution in [1.29, 1.82) is 0 Å². The Morgan fingerprint density at radius 2 is 1.02 bits per heavy atom. The molecule has 0 aromatic carbocycles. The van der Waals surface area contributed by atoms with E-state index in [0.717, 1.165) is 44.9 Å². The molecule has 12 nitrogen and oxygen atoms in total. The van der Waals surface area contributed by atoms with Crippen molar-refractivity contribution in [3.63, 3.8) is 0 Å². The zero-order chi connectivity index (χ0) is 38.6. The number of amides is 1. The van der Waals surface area contributed by atoms with Gasteiger partial charge in [-0.15, -0.1) is 0 Å². The normalized spacial score (nSPS) is 24.6.